The summed E-state index contributed by atoms with van der Waals surface area (Å²) in [4.78, 5) is 12.0. The van der Waals surface area contributed by atoms with Gasteiger partial charge in [0.25, 0.3) is 0 Å². The predicted octanol–water partition coefficient (Wildman–Crippen LogP) is 3.11. The molecule has 0 N–H and O–H groups in total. The van der Waals surface area contributed by atoms with Crippen LogP contribution in [0.15, 0.2) is 18.2 Å². The minimum Gasteiger partial charge on any atom is -0.493 e. The van der Waals surface area contributed by atoms with Crippen molar-refractivity contribution in [2.75, 3.05) is 6.61 Å². The van der Waals surface area contributed by atoms with Gasteiger partial charge in [-0.05, 0) is 32.4 Å². The normalized spacial score (nSPS) is 16.2. The summed E-state index contributed by atoms with van der Waals surface area (Å²) in [6, 6.07) is 7.33. The van der Waals surface area contributed by atoms with Crippen molar-refractivity contribution in [3.63, 3.8) is 0 Å². The van der Waals surface area contributed by atoms with Crippen LogP contribution in [0.4, 0.5) is 0 Å². The summed E-state index contributed by atoms with van der Waals surface area (Å²) in [7, 11) is 0. The minimum atomic E-state index is -0.469. The molecule has 0 aliphatic carbocycles. The number of carbonyl (C=O) groups is 1. The number of Topliss-reactive ketones (excluding diaryl/α,β-unsaturated/α-hetero) is 1. The average molecular weight is 259 g/mol. The highest BCUT2D eigenvalue weighted by Crippen LogP contribution is 2.35. The lowest BCUT2D eigenvalue weighted by atomic mass is 9.93. The first-order valence-electron chi connectivity index (χ1n) is 6.38. The van der Waals surface area contributed by atoms with E-state index in [1.54, 1.807) is 18.2 Å². The second kappa shape index (κ2) is 5.31. The third kappa shape index (κ3) is 3.25. The quantitative estimate of drug-likeness (QED) is 0.779. The lowest BCUT2D eigenvalue weighted by Crippen LogP contribution is -2.35. The first-order valence-corrected chi connectivity index (χ1v) is 6.38. The van der Waals surface area contributed by atoms with Crippen LogP contribution < -0.4 is 9.47 Å². The van der Waals surface area contributed by atoms with E-state index < -0.39 is 5.60 Å². The smallest absolute Gasteiger partial charge is 0.170 e. The van der Waals surface area contributed by atoms with E-state index in [0.717, 1.165) is 0 Å². The largest absolute Gasteiger partial charge is 0.493 e. The van der Waals surface area contributed by atoms with E-state index in [-0.39, 0.29) is 5.78 Å². The molecule has 1 aromatic carbocycles. The van der Waals surface area contributed by atoms with Crippen molar-refractivity contribution in [1.82, 2.24) is 0 Å². The molecule has 4 heteroatoms. The topological polar surface area (TPSA) is 59.3 Å². The number of carbonyl (C=O) groups excluding carboxylic acids is 1. The van der Waals surface area contributed by atoms with Crippen LogP contribution >= 0.6 is 0 Å². The number of rotatable bonds is 4. The van der Waals surface area contributed by atoms with Gasteiger partial charge < -0.3 is 9.47 Å². The van der Waals surface area contributed by atoms with Gasteiger partial charge in [-0.25, -0.2) is 0 Å². The molecule has 0 bridgehead atoms. The monoisotopic (exact) mass is 259 g/mol. The Bertz CT molecular complexity index is 529. The average Bonchev–Trinajstić information content (AvgIpc) is 2.32. The Labute approximate surface area is 112 Å². The Morgan fingerprint density at radius 3 is 3.00 bits per heavy atom. The molecule has 100 valence electrons. The molecule has 1 aliphatic heterocycles. The van der Waals surface area contributed by atoms with Gasteiger partial charge >= 0.3 is 0 Å². The van der Waals surface area contributed by atoms with Gasteiger partial charge in [0, 0.05) is 12.5 Å². The van der Waals surface area contributed by atoms with E-state index in [1.807, 2.05) is 13.8 Å². The second-order valence-electron chi connectivity index (χ2n) is 5.23. The zero-order chi connectivity index (χ0) is 13.9. The van der Waals surface area contributed by atoms with E-state index in [9.17, 15) is 4.79 Å². The van der Waals surface area contributed by atoms with Crippen molar-refractivity contribution in [3.05, 3.63) is 23.8 Å². The summed E-state index contributed by atoms with van der Waals surface area (Å²) >= 11 is 0. The first kappa shape index (κ1) is 13.4. The molecule has 0 amide bonds. The van der Waals surface area contributed by atoms with E-state index in [4.69, 9.17) is 14.7 Å². The molecule has 0 fully saturated rings. The maximum absolute atomic E-state index is 12.0. The molecular formula is C15H17NO3. The summed E-state index contributed by atoms with van der Waals surface area (Å²) in [5.74, 6) is 1.35. The molecule has 2 rings (SSSR count). The van der Waals surface area contributed by atoms with Gasteiger partial charge in [0.1, 0.15) is 17.1 Å². The fraction of sp³-hybridized carbons (Fsp3) is 0.467. The molecule has 0 saturated heterocycles. The zero-order valence-electron chi connectivity index (χ0n) is 11.2. The van der Waals surface area contributed by atoms with Crippen LogP contribution in [0.3, 0.4) is 0 Å². The van der Waals surface area contributed by atoms with Gasteiger partial charge in [-0.15, -0.1) is 0 Å². The molecule has 0 radical (unpaired) electrons. The Morgan fingerprint density at radius 2 is 2.26 bits per heavy atom. The number of fused-ring (bicyclic) bond motifs is 1. The van der Waals surface area contributed by atoms with E-state index in [0.29, 0.717) is 42.9 Å². The number of unbranched alkanes of at least 4 members (excludes halogenated alkanes) is 1. The van der Waals surface area contributed by atoms with Crippen LogP contribution in [0.1, 0.15) is 43.5 Å². The van der Waals surface area contributed by atoms with Gasteiger partial charge in [-0.1, -0.05) is 0 Å². The Balaban J connectivity index is 2.10. The van der Waals surface area contributed by atoms with Crippen molar-refractivity contribution >= 4 is 5.78 Å². The summed E-state index contributed by atoms with van der Waals surface area (Å²) in [5.41, 5.74) is 0.146. The summed E-state index contributed by atoms with van der Waals surface area (Å²) in [6.45, 7) is 4.28. The lowest BCUT2D eigenvalue weighted by Gasteiger charge is -2.31. The number of hydrogen-bond donors (Lipinski definition) is 0. The van der Waals surface area contributed by atoms with Crippen LogP contribution in [-0.4, -0.2) is 18.0 Å². The van der Waals surface area contributed by atoms with Crippen LogP contribution in [0, 0.1) is 11.3 Å². The van der Waals surface area contributed by atoms with Crippen molar-refractivity contribution in [3.8, 4) is 17.6 Å². The SMILES string of the molecule is CC1(C)CC(=O)c2ccc(OCCCC#N)cc2O1. The van der Waals surface area contributed by atoms with Crippen molar-refractivity contribution < 1.29 is 14.3 Å². The Kier molecular flexibility index (Phi) is 3.75. The van der Waals surface area contributed by atoms with Gasteiger partial charge in [0.2, 0.25) is 0 Å². The van der Waals surface area contributed by atoms with Crippen LogP contribution in [-0.2, 0) is 0 Å². The minimum absolute atomic E-state index is 0.0993. The first-order chi connectivity index (χ1) is 9.02. The molecule has 1 heterocycles. The molecule has 1 aromatic rings. The number of nitriles is 1. The summed E-state index contributed by atoms with van der Waals surface area (Å²) in [6.07, 6.45) is 1.56. The van der Waals surface area contributed by atoms with Gasteiger partial charge in [0.05, 0.1) is 24.7 Å². The number of ketones is 1. The predicted molar refractivity (Wildman–Crippen MR) is 70.4 cm³/mol. The molecule has 19 heavy (non-hydrogen) atoms. The highest BCUT2D eigenvalue weighted by molar-refractivity contribution is 6.00. The number of ether oxygens (including phenoxy) is 2. The summed E-state index contributed by atoms with van der Waals surface area (Å²) < 4.78 is 11.3. The van der Waals surface area contributed by atoms with Gasteiger partial charge in [0.15, 0.2) is 5.78 Å². The van der Waals surface area contributed by atoms with Crippen LogP contribution in [0.5, 0.6) is 11.5 Å². The van der Waals surface area contributed by atoms with Crippen molar-refractivity contribution in [2.24, 2.45) is 0 Å². The van der Waals surface area contributed by atoms with Crippen molar-refractivity contribution in [1.29, 1.82) is 5.26 Å². The highest BCUT2D eigenvalue weighted by Gasteiger charge is 2.32. The Hall–Kier alpha value is -2.02. The molecule has 4 nitrogen and oxygen atoms in total. The molecule has 0 aromatic heterocycles. The number of benzene rings is 1. The maximum Gasteiger partial charge on any atom is 0.170 e. The molecule has 0 saturated carbocycles. The molecule has 1 aliphatic rings. The third-order valence-electron chi connectivity index (χ3n) is 2.93. The third-order valence-corrected chi connectivity index (χ3v) is 2.93. The second-order valence-corrected chi connectivity index (χ2v) is 5.23. The molecule has 0 unspecified atom stereocenters. The standard InChI is InChI=1S/C15H17NO3/c1-15(2)10-13(17)12-6-5-11(9-14(12)19-15)18-8-4-3-7-16/h5-6,9H,3-4,8,10H2,1-2H3. The van der Waals surface area contributed by atoms with E-state index in [2.05, 4.69) is 6.07 Å². The summed E-state index contributed by atoms with van der Waals surface area (Å²) in [5, 5.41) is 8.45. The maximum atomic E-state index is 12.0. The van der Waals surface area contributed by atoms with Crippen molar-refractivity contribution in [2.45, 2.75) is 38.7 Å². The number of hydrogen-bond acceptors (Lipinski definition) is 4. The van der Waals surface area contributed by atoms with Gasteiger partial charge in [-0.2, -0.15) is 5.26 Å². The van der Waals surface area contributed by atoms with E-state index in [1.165, 1.54) is 0 Å². The molecule has 0 spiro atoms. The highest BCUT2D eigenvalue weighted by atomic mass is 16.5. The fourth-order valence-corrected chi connectivity index (χ4v) is 2.06. The van der Waals surface area contributed by atoms with Crippen LogP contribution in [0.2, 0.25) is 0 Å². The number of nitrogens with zero attached hydrogens (tertiary/aromatic N) is 1. The molecule has 0 atom stereocenters. The lowest BCUT2D eigenvalue weighted by molar-refractivity contribution is 0.0618. The van der Waals surface area contributed by atoms with Crippen LogP contribution in [0.25, 0.3) is 0 Å². The fourth-order valence-electron chi connectivity index (χ4n) is 2.06. The van der Waals surface area contributed by atoms with Gasteiger partial charge in [-0.3, -0.25) is 4.79 Å². The Morgan fingerprint density at radius 1 is 1.47 bits per heavy atom. The molecular weight excluding hydrogens is 242 g/mol. The zero-order valence-corrected chi connectivity index (χ0v) is 11.2. The van der Waals surface area contributed by atoms with E-state index >= 15 is 0 Å².